The first kappa shape index (κ1) is 11.3. The third-order valence-corrected chi connectivity index (χ3v) is 4.73. The van der Waals surface area contributed by atoms with Gasteiger partial charge >= 0.3 is 0 Å². The second-order valence-electron chi connectivity index (χ2n) is 4.28. The molecule has 0 atom stereocenters. The zero-order chi connectivity index (χ0) is 11.8. The normalized spacial score (nSPS) is 16.1. The topological polar surface area (TPSA) is 63.4 Å². The number of hydrogen-bond donors (Lipinski definition) is 1. The Morgan fingerprint density at radius 1 is 1.44 bits per heavy atom. The molecular formula is C11H16N2O2S. The van der Waals surface area contributed by atoms with E-state index in [4.69, 9.17) is 5.73 Å². The van der Waals surface area contributed by atoms with Crippen molar-refractivity contribution in [2.24, 2.45) is 5.92 Å². The summed E-state index contributed by atoms with van der Waals surface area (Å²) in [5.41, 5.74) is 6.83. The van der Waals surface area contributed by atoms with Crippen molar-refractivity contribution >= 4 is 21.4 Å². The zero-order valence-electron chi connectivity index (χ0n) is 9.26. The molecule has 0 heterocycles. The Morgan fingerprint density at radius 3 is 2.69 bits per heavy atom. The summed E-state index contributed by atoms with van der Waals surface area (Å²) in [5, 5.41) is 0. The van der Waals surface area contributed by atoms with Gasteiger partial charge in [0.05, 0.1) is 11.4 Å². The maximum absolute atomic E-state index is 12.0. The van der Waals surface area contributed by atoms with Crippen LogP contribution in [0, 0.1) is 5.92 Å². The van der Waals surface area contributed by atoms with Gasteiger partial charge in [-0.05, 0) is 37.0 Å². The molecule has 0 aromatic heterocycles. The lowest BCUT2D eigenvalue weighted by atomic mass is 10.3. The molecule has 0 bridgehead atoms. The minimum atomic E-state index is -3.19. The van der Waals surface area contributed by atoms with Crippen molar-refractivity contribution in [2.75, 3.05) is 22.8 Å². The van der Waals surface area contributed by atoms with Crippen LogP contribution in [0.25, 0.3) is 0 Å². The van der Waals surface area contributed by atoms with Gasteiger partial charge in [-0.2, -0.15) is 0 Å². The van der Waals surface area contributed by atoms with Gasteiger partial charge < -0.3 is 5.73 Å². The minimum Gasteiger partial charge on any atom is -0.399 e. The maximum atomic E-state index is 12.0. The van der Waals surface area contributed by atoms with Crippen molar-refractivity contribution in [2.45, 2.75) is 12.8 Å². The van der Waals surface area contributed by atoms with Crippen molar-refractivity contribution in [3.05, 3.63) is 24.3 Å². The SMILES string of the molecule is CN(c1cccc(N)c1)S(=O)(=O)CC1CC1. The summed E-state index contributed by atoms with van der Waals surface area (Å²) < 4.78 is 25.3. The molecule has 1 saturated carbocycles. The summed E-state index contributed by atoms with van der Waals surface area (Å²) in [4.78, 5) is 0. The van der Waals surface area contributed by atoms with Crippen molar-refractivity contribution in [3.8, 4) is 0 Å². The molecule has 16 heavy (non-hydrogen) atoms. The Kier molecular flexibility index (Phi) is 2.80. The van der Waals surface area contributed by atoms with E-state index in [1.54, 1.807) is 31.3 Å². The number of nitrogens with two attached hydrogens (primary N) is 1. The van der Waals surface area contributed by atoms with Crippen molar-refractivity contribution in [3.63, 3.8) is 0 Å². The standard InChI is InChI=1S/C11H16N2O2S/c1-13(11-4-2-3-10(12)7-11)16(14,15)8-9-5-6-9/h2-4,7,9H,5-6,8,12H2,1H3. The predicted molar refractivity (Wildman–Crippen MR) is 65.8 cm³/mol. The Hall–Kier alpha value is -1.23. The average molecular weight is 240 g/mol. The van der Waals surface area contributed by atoms with Crippen LogP contribution in [-0.2, 0) is 10.0 Å². The Labute approximate surface area is 96.1 Å². The van der Waals surface area contributed by atoms with Crippen LogP contribution in [0.5, 0.6) is 0 Å². The van der Waals surface area contributed by atoms with Crippen LogP contribution in [0.3, 0.4) is 0 Å². The summed E-state index contributed by atoms with van der Waals surface area (Å²) in [6.07, 6.45) is 2.06. The van der Waals surface area contributed by atoms with E-state index in [0.717, 1.165) is 12.8 Å². The van der Waals surface area contributed by atoms with E-state index in [0.29, 0.717) is 17.3 Å². The molecule has 4 nitrogen and oxygen atoms in total. The smallest absolute Gasteiger partial charge is 0.235 e. The molecule has 0 radical (unpaired) electrons. The molecule has 1 aromatic carbocycles. The lowest BCUT2D eigenvalue weighted by Gasteiger charge is -2.19. The van der Waals surface area contributed by atoms with Gasteiger partial charge in [0, 0.05) is 12.7 Å². The van der Waals surface area contributed by atoms with Gasteiger partial charge in [-0.3, -0.25) is 4.31 Å². The van der Waals surface area contributed by atoms with Gasteiger partial charge in [0.1, 0.15) is 0 Å². The molecule has 0 amide bonds. The second-order valence-corrected chi connectivity index (χ2v) is 6.33. The highest BCUT2D eigenvalue weighted by Gasteiger charge is 2.30. The molecule has 0 spiro atoms. The van der Waals surface area contributed by atoms with Gasteiger partial charge in [0.15, 0.2) is 0 Å². The van der Waals surface area contributed by atoms with E-state index in [1.807, 2.05) is 0 Å². The molecule has 0 aliphatic heterocycles. The quantitative estimate of drug-likeness (QED) is 0.810. The number of hydrogen-bond acceptors (Lipinski definition) is 3. The molecule has 1 fully saturated rings. The van der Waals surface area contributed by atoms with Crippen molar-refractivity contribution in [1.29, 1.82) is 0 Å². The van der Waals surface area contributed by atoms with E-state index in [9.17, 15) is 8.42 Å². The van der Waals surface area contributed by atoms with Gasteiger partial charge in [-0.15, -0.1) is 0 Å². The predicted octanol–water partition coefficient (Wildman–Crippen LogP) is 1.44. The molecule has 0 saturated heterocycles. The number of nitrogen functional groups attached to an aromatic ring is 1. The highest BCUT2D eigenvalue weighted by molar-refractivity contribution is 7.92. The maximum Gasteiger partial charge on any atom is 0.235 e. The highest BCUT2D eigenvalue weighted by atomic mass is 32.2. The van der Waals surface area contributed by atoms with E-state index >= 15 is 0 Å². The van der Waals surface area contributed by atoms with Gasteiger partial charge in [-0.25, -0.2) is 8.42 Å². The molecule has 0 unspecified atom stereocenters. The molecule has 1 aromatic rings. The first-order valence-corrected chi connectivity index (χ1v) is 6.92. The summed E-state index contributed by atoms with van der Waals surface area (Å²) in [7, 11) is -1.61. The minimum absolute atomic E-state index is 0.248. The second kappa shape index (κ2) is 3.97. The monoisotopic (exact) mass is 240 g/mol. The van der Waals surface area contributed by atoms with Crippen LogP contribution in [0.1, 0.15) is 12.8 Å². The van der Waals surface area contributed by atoms with Crippen LogP contribution in [-0.4, -0.2) is 21.2 Å². The third-order valence-electron chi connectivity index (χ3n) is 2.79. The third kappa shape index (κ3) is 2.47. The molecule has 88 valence electrons. The average Bonchev–Trinajstić information content (AvgIpc) is 3.00. The highest BCUT2D eigenvalue weighted by Crippen LogP contribution is 2.32. The van der Waals surface area contributed by atoms with Crippen molar-refractivity contribution < 1.29 is 8.42 Å². The van der Waals surface area contributed by atoms with Crippen molar-refractivity contribution in [1.82, 2.24) is 0 Å². The van der Waals surface area contributed by atoms with E-state index in [-0.39, 0.29) is 5.75 Å². The molecule has 2 N–H and O–H groups in total. The van der Waals surface area contributed by atoms with Gasteiger partial charge in [0.2, 0.25) is 10.0 Å². The van der Waals surface area contributed by atoms with Crippen LogP contribution in [0.4, 0.5) is 11.4 Å². The largest absolute Gasteiger partial charge is 0.399 e. The Bertz CT molecular complexity index is 481. The lowest BCUT2D eigenvalue weighted by Crippen LogP contribution is -2.29. The first-order chi connectivity index (χ1) is 7.49. The summed E-state index contributed by atoms with van der Waals surface area (Å²) in [5.74, 6) is 0.603. The molecule has 1 aliphatic carbocycles. The molecule has 1 aliphatic rings. The molecular weight excluding hydrogens is 224 g/mol. The Morgan fingerprint density at radius 2 is 2.12 bits per heavy atom. The summed E-state index contributed by atoms with van der Waals surface area (Å²) >= 11 is 0. The van der Waals surface area contributed by atoms with Crippen LogP contribution in [0.2, 0.25) is 0 Å². The van der Waals surface area contributed by atoms with Crippen LogP contribution < -0.4 is 10.0 Å². The van der Waals surface area contributed by atoms with E-state index in [1.165, 1.54) is 4.31 Å². The fourth-order valence-corrected chi connectivity index (χ4v) is 3.16. The van der Waals surface area contributed by atoms with Gasteiger partial charge in [0.25, 0.3) is 0 Å². The fraction of sp³-hybridized carbons (Fsp3) is 0.455. The fourth-order valence-electron chi connectivity index (χ4n) is 1.58. The number of sulfonamides is 1. The van der Waals surface area contributed by atoms with E-state index in [2.05, 4.69) is 0 Å². The van der Waals surface area contributed by atoms with Crippen LogP contribution in [0.15, 0.2) is 24.3 Å². The number of nitrogens with zero attached hydrogens (tertiary/aromatic N) is 1. The van der Waals surface area contributed by atoms with E-state index < -0.39 is 10.0 Å². The molecule has 2 rings (SSSR count). The van der Waals surface area contributed by atoms with Gasteiger partial charge in [-0.1, -0.05) is 6.07 Å². The summed E-state index contributed by atoms with van der Waals surface area (Å²) in [6.45, 7) is 0. The summed E-state index contributed by atoms with van der Waals surface area (Å²) in [6, 6.07) is 6.92. The zero-order valence-corrected chi connectivity index (χ0v) is 10.1. The number of anilines is 2. The number of benzene rings is 1. The first-order valence-electron chi connectivity index (χ1n) is 5.31. The lowest BCUT2D eigenvalue weighted by molar-refractivity contribution is 0.590. The molecule has 5 heteroatoms. The Balaban J connectivity index is 2.20. The number of rotatable bonds is 4. The van der Waals surface area contributed by atoms with Crippen LogP contribution >= 0.6 is 0 Å².